The molecule has 0 aliphatic rings. The highest BCUT2D eigenvalue weighted by molar-refractivity contribution is 9.10. The van der Waals surface area contributed by atoms with Crippen LogP contribution in [0.1, 0.15) is 43.4 Å². The Morgan fingerprint density at radius 1 is 0.949 bits per heavy atom. The summed E-state index contributed by atoms with van der Waals surface area (Å²) in [6, 6.07) is 20.2. The van der Waals surface area contributed by atoms with Gasteiger partial charge >= 0.3 is 0 Å². The number of sulfonamides is 1. The van der Waals surface area contributed by atoms with Crippen LogP contribution in [-0.4, -0.2) is 44.3 Å². The number of amides is 2. The summed E-state index contributed by atoms with van der Waals surface area (Å²) >= 11 is 3.41. The number of halogens is 1. The van der Waals surface area contributed by atoms with Crippen molar-refractivity contribution >= 4 is 43.5 Å². The zero-order valence-corrected chi connectivity index (χ0v) is 25.3. The van der Waals surface area contributed by atoms with E-state index in [1.165, 1.54) is 17.0 Å². The fourth-order valence-electron chi connectivity index (χ4n) is 4.01. The van der Waals surface area contributed by atoms with Crippen LogP contribution in [0.25, 0.3) is 0 Å². The molecule has 0 aromatic heterocycles. The predicted molar refractivity (Wildman–Crippen MR) is 159 cm³/mol. The first-order chi connectivity index (χ1) is 18.5. The molecule has 9 heteroatoms. The number of carbonyl (C=O) groups is 2. The van der Waals surface area contributed by atoms with E-state index in [2.05, 4.69) is 21.2 Å². The largest absolute Gasteiger partial charge is 0.354 e. The van der Waals surface area contributed by atoms with E-state index in [9.17, 15) is 18.0 Å². The molecule has 208 valence electrons. The van der Waals surface area contributed by atoms with Crippen molar-refractivity contribution < 1.29 is 18.0 Å². The summed E-state index contributed by atoms with van der Waals surface area (Å²) < 4.78 is 29.5. The fraction of sp³-hybridized carbons (Fsp3) is 0.333. The lowest BCUT2D eigenvalue weighted by Gasteiger charge is -2.32. The highest BCUT2D eigenvalue weighted by Crippen LogP contribution is 2.27. The highest BCUT2D eigenvalue weighted by Gasteiger charge is 2.32. The summed E-state index contributed by atoms with van der Waals surface area (Å²) in [5.74, 6) is -0.760. The molecule has 3 rings (SSSR count). The molecule has 3 aromatic rings. The molecule has 0 saturated heterocycles. The van der Waals surface area contributed by atoms with Gasteiger partial charge in [0, 0.05) is 17.6 Å². The first-order valence-corrected chi connectivity index (χ1v) is 15.2. The predicted octanol–water partition coefficient (Wildman–Crippen LogP) is 5.59. The number of nitrogens with zero attached hydrogens (tertiary/aromatic N) is 2. The molecule has 0 saturated carbocycles. The number of hydrogen-bond donors (Lipinski definition) is 1. The number of carbonyl (C=O) groups excluding carboxylic acids is 2. The Bertz CT molecular complexity index is 1380. The third-order valence-electron chi connectivity index (χ3n) is 6.45. The third kappa shape index (κ3) is 8.16. The molecule has 39 heavy (non-hydrogen) atoms. The number of rotatable bonds is 12. The Hall–Kier alpha value is -3.17. The van der Waals surface area contributed by atoms with Crippen LogP contribution in [0.4, 0.5) is 5.69 Å². The maximum absolute atomic E-state index is 13.9. The maximum atomic E-state index is 13.9. The number of hydrogen-bond acceptors (Lipinski definition) is 4. The minimum atomic E-state index is -4.09. The molecule has 1 N–H and O–H groups in total. The summed E-state index contributed by atoms with van der Waals surface area (Å²) in [6.45, 7) is 7.77. The van der Waals surface area contributed by atoms with Gasteiger partial charge in [-0.15, -0.1) is 0 Å². The van der Waals surface area contributed by atoms with Gasteiger partial charge in [0.05, 0.1) is 10.6 Å². The second-order valence-electron chi connectivity index (χ2n) is 9.63. The van der Waals surface area contributed by atoms with Gasteiger partial charge in [0.1, 0.15) is 12.6 Å². The highest BCUT2D eigenvalue weighted by atomic mass is 79.9. The molecule has 0 fully saturated rings. The summed E-state index contributed by atoms with van der Waals surface area (Å²) in [5, 5.41) is 2.90. The molecular formula is C30H36BrN3O4S. The van der Waals surface area contributed by atoms with Gasteiger partial charge in [-0.25, -0.2) is 8.42 Å². The molecule has 0 bridgehead atoms. The molecule has 0 spiro atoms. The van der Waals surface area contributed by atoms with Gasteiger partial charge in [-0.05, 0) is 63.1 Å². The standard InChI is InChI=1S/C30H36BrN3O4S/c1-5-6-18-32-30(36)24(4)33(20-25-14-10-22(2)11-15-25)29(35)21-34(27-9-7-8-26(31)19-27)39(37,38)28-16-12-23(3)13-17-28/h7-17,19,24H,5-6,18,20-21H2,1-4H3,(H,32,36)/t24-/m1/s1. The van der Waals surface area contributed by atoms with E-state index in [0.29, 0.717) is 16.7 Å². The van der Waals surface area contributed by atoms with Crippen LogP contribution < -0.4 is 9.62 Å². The van der Waals surface area contributed by atoms with Gasteiger partial charge < -0.3 is 10.2 Å². The second-order valence-corrected chi connectivity index (χ2v) is 12.4. The molecule has 2 amide bonds. The van der Waals surface area contributed by atoms with Gasteiger partial charge in [-0.3, -0.25) is 13.9 Å². The molecule has 7 nitrogen and oxygen atoms in total. The number of nitrogens with one attached hydrogen (secondary N) is 1. The Morgan fingerprint density at radius 3 is 2.15 bits per heavy atom. The van der Waals surface area contributed by atoms with Crippen LogP contribution in [0.5, 0.6) is 0 Å². The zero-order chi connectivity index (χ0) is 28.6. The van der Waals surface area contributed by atoms with Crippen molar-refractivity contribution in [2.24, 2.45) is 0 Å². The normalized spacial score (nSPS) is 12.0. The Balaban J connectivity index is 1.99. The lowest BCUT2D eigenvalue weighted by molar-refractivity contribution is -0.139. The summed E-state index contributed by atoms with van der Waals surface area (Å²) in [4.78, 5) is 28.5. The van der Waals surface area contributed by atoms with E-state index in [1.54, 1.807) is 43.3 Å². The Kier molecular flexibility index (Phi) is 10.7. The van der Waals surface area contributed by atoms with Crippen LogP contribution >= 0.6 is 15.9 Å². The topological polar surface area (TPSA) is 86.8 Å². The minimum Gasteiger partial charge on any atom is -0.354 e. The van der Waals surface area contributed by atoms with Gasteiger partial charge in [0.2, 0.25) is 11.8 Å². The smallest absolute Gasteiger partial charge is 0.264 e. The third-order valence-corrected chi connectivity index (χ3v) is 8.74. The van der Waals surface area contributed by atoms with E-state index in [1.807, 2.05) is 45.0 Å². The molecule has 0 heterocycles. The Morgan fingerprint density at radius 2 is 1.56 bits per heavy atom. The van der Waals surface area contributed by atoms with E-state index >= 15 is 0 Å². The molecule has 0 aliphatic carbocycles. The maximum Gasteiger partial charge on any atom is 0.264 e. The molecule has 0 unspecified atom stereocenters. The van der Waals surface area contributed by atoms with Crippen LogP contribution in [-0.2, 0) is 26.2 Å². The van der Waals surface area contributed by atoms with Crippen molar-refractivity contribution in [2.75, 3.05) is 17.4 Å². The number of benzene rings is 3. The fourth-order valence-corrected chi connectivity index (χ4v) is 5.80. The molecule has 1 atom stereocenters. The first-order valence-electron chi connectivity index (χ1n) is 13.0. The average Bonchev–Trinajstić information content (AvgIpc) is 2.91. The molecule has 3 aromatic carbocycles. The minimum absolute atomic E-state index is 0.0799. The van der Waals surface area contributed by atoms with Gasteiger partial charge in [-0.1, -0.05) is 82.9 Å². The summed E-state index contributed by atoms with van der Waals surface area (Å²) in [5.41, 5.74) is 3.18. The van der Waals surface area contributed by atoms with Crippen molar-refractivity contribution in [3.63, 3.8) is 0 Å². The molecular weight excluding hydrogens is 578 g/mol. The first kappa shape index (κ1) is 30.4. The van der Waals surface area contributed by atoms with Crippen LogP contribution in [0.2, 0.25) is 0 Å². The van der Waals surface area contributed by atoms with Crippen molar-refractivity contribution in [3.8, 4) is 0 Å². The molecule has 0 aliphatic heterocycles. The zero-order valence-electron chi connectivity index (χ0n) is 22.9. The van der Waals surface area contributed by atoms with Crippen molar-refractivity contribution in [1.82, 2.24) is 10.2 Å². The van der Waals surface area contributed by atoms with E-state index in [0.717, 1.165) is 33.8 Å². The summed E-state index contributed by atoms with van der Waals surface area (Å²) in [7, 11) is -4.09. The van der Waals surface area contributed by atoms with E-state index < -0.39 is 28.5 Å². The number of anilines is 1. The Labute approximate surface area is 240 Å². The van der Waals surface area contributed by atoms with Crippen molar-refractivity contribution in [2.45, 2.75) is 58.0 Å². The van der Waals surface area contributed by atoms with E-state index in [-0.39, 0.29) is 17.3 Å². The van der Waals surface area contributed by atoms with Crippen molar-refractivity contribution in [3.05, 3.63) is 94.0 Å². The number of unbranched alkanes of at least 4 members (excludes halogenated alkanes) is 1. The van der Waals surface area contributed by atoms with Gasteiger partial charge in [-0.2, -0.15) is 0 Å². The SMILES string of the molecule is CCCCNC(=O)[C@@H](C)N(Cc1ccc(C)cc1)C(=O)CN(c1cccc(Br)c1)S(=O)(=O)c1ccc(C)cc1. The van der Waals surface area contributed by atoms with Crippen LogP contribution in [0.15, 0.2) is 82.2 Å². The lowest BCUT2D eigenvalue weighted by Crippen LogP contribution is -2.51. The monoisotopic (exact) mass is 613 g/mol. The summed E-state index contributed by atoms with van der Waals surface area (Å²) in [6.07, 6.45) is 1.76. The second kappa shape index (κ2) is 13.8. The molecule has 0 radical (unpaired) electrons. The van der Waals surface area contributed by atoms with Crippen molar-refractivity contribution in [1.29, 1.82) is 0 Å². The van der Waals surface area contributed by atoms with Gasteiger partial charge in [0.25, 0.3) is 10.0 Å². The van der Waals surface area contributed by atoms with E-state index in [4.69, 9.17) is 0 Å². The van der Waals surface area contributed by atoms with Crippen LogP contribution in [0.3, 0.4) is 0 Å². The lowest BCUT2D eigenvalue weighted by atomic mass is 10.1. The average molecular weight is 615 g/mol. The number of aryl methyl sites for hydroxylation is 2. The van der Waals surface area contributed by atoms with Crippen LogP contribution in [0, 0.1) is 13.8 Å². The quantitative estimate of drug-likeness (QED) is 0.270. The van der Waals surface area contributed by atoms with Gasteiger partial charge in [0.15, 0.2) is 0 Å².